The lowest BCUT2D eigenvalue weighted by Crippen LogP contribution is -2.40. The Balaban J connectivity index is 2.32. The third-order valence-electron chi connectivity index (χ3n) is 4.09. The van der Waals surface area contributed by atoms with Crippen molar-refractivity contribution in [2.75, 3.05) is 14.2 Å². The van der Waals surface area contributed by atoms with Gasteiger partial charge in [0.25, 0.3) is 0 Å². The summed E-state index contributed by atoms with van der Waals surface area (Å²) in [4.78, 5) is 25.1. The summed E-state index contributed by atoms with van der Waals surface area (Å²) in [7, 11) is 2.45. The lowest BCUT2D eigenvalue weighted by Gasteiger charge is -2.23. The molecule has 4 nitrogen and oxygen atoms in total. The van der Waals surface area contributed by atoms with Crippen molar-refractivity contribution < 1.29 is 19.1 Å². The van der Waals surface area contributed by atoms with E-state index in [1.807, 2.05) is 48.5 Å². The zero-order chi connectivity index (χ0) is 21.3. The van der Waals surface area contributed by atoms with Crippen LogP contribution in [0.5, 0.6) is 0 Å². The van der Waals surface area contributed by atoms with Gasteiger partial charge in [-0.3, -0.25) is 9.59 Å². The average Bonchev–Trinajstić information content (AvgIpc) is 2.74. The average molecular weight is 518 g/mol. The van der Waals surface area contributed by atoms with Gasteiger partial charge in [-0.15, -0.1) is 0 Å². The zero-order valence-electron chi connectivity index (χ0n) is 15.9. The largest absolute Gasteiger partial charge is 0.468 e. The van der Waals surface area contributed by atoms with Gasteiger partial charge in [0.05, 0.1) is 14.2 Å². The molecule has 0 radical (unpaired) electrons. The van der Waals surface area contributed by atoms with E-state index in [2.05, 4.69) is 55.5 Å². The molecule has 0 bridgehead atoms. The second-order valence-corrected chi connectivity index (χ2v) is 7.87. The zero-order valence-corrected chi connectivity index (χ0v) is 19.1. The smallest absolute Gasteiger partial charge is 0.325 e. The van der Waals surface area contributed by atoms with Gasteiger partial charge < -0.3 is 9.47 Å². The van der Waals surface area contributed by atoms with Gasteiger partial charge in [-0.25, -0.2) is 0 Å². The van der Waals surface area contributed by atoms with Crippen molar-refractivity contribution >= 4 is 43.8 Å². The molecular weight excluding hydrogens is 500 g/mol. The first-order valence-electron chi connectivity index (χ1n) is 8.57. The van der Waals surface area contributed by atoms with E-state index in [0.29, 0.717) is 0 Å². The van der Waals surface area contributed by atoms with Crippen LogP contribution in [0.4, 0.5) is 0 Å². The Morgan fingerprint density at radius 3 is 1.41 bits per heavy atom. The van der Waals surface area contributed by atoms with Crippen molar-refractivity contribution in [2.24, 2.45) is 5.41 Å². The summed E-state index contributed by atoms with van der Waals surface area (Å²) in [5.41, 5.74) is -0.0932. The summed E-state index contributed by atoms with van der Waals surface area (Å²) in [6.45, 7) is 0. The van der Waals surface area contributed by atoms with Gasteiger partial charge >= 0.3 is 11.9 Å². The molecule has 0 saturated heterocycles. The Bertz CT molecular complexity index is 904. The molecule has 148 valence electrons. The van der Waals surface area contributed by atoms with Crippen LogP contribution >= 0.6 is 31.9 Å². The van der Waals surface area contributed by atoms with Gasteiger partial charge in [-0.2, -0.15) is 0 Å². The molecule has 0 atom stereocenters. The van der Waals surface area contributed by atoms with E-state index >= 15 is 0 Å². The summed E-state index contributed by atoms with van der Waals surface area (Å²) in [6, 6.07) is 14.8. The maximum absolute atomic E-state index is 12.5. The van der Waals surface area contributed by atoms with Gasteiger partial charge in [0.1, 0.15) is 0 Å². The van der Waals surface area contributed by atoms with Crippen molar-refractivity contribution in [3.63, 3.8) is 0 Å². The minimum absolute atomic E-state index is 0.0720. The molecule has 0 unspecified atom stereocenters. The van der Waals surface area contributed by atoms with Crippen LogP contribution in [0.3, 0.4) is 0 Å². The van der Waals surface area contributed by atoms with E-state index in [0.717, 1.165) is 20.1 Å². The van der Waals surface area contributed by atoms with Crippen LogP contribution in [-0.4, -0.2) is 26.2 Å². The molecule has 0 heterocycles. The maximum atomic E-state index is 12.5. The SMILES string of the molecule is COC(=O)C(CC#Cc1ccc(Br)cc1)(CC#Cc1ccc(Br)cc1)C(=O)OC. The Hall–Kier alpha value is -2.54. The highest BCUT2D eigenvalue weighted by Gasteiger charge is 2.47. The Labute approximate surface area is 187 Å². The standard InChI is InChI=1S/C23H18Br2O4/c1-28-21(26)23(22(27)29-2,15-3-5-17-7-11-19(24)12-8-17)16-4-6-18-9-13-20(25)14-10-18/h7-14H,15-16H2,1-2H3. The van der Waals surface area contributed by atoms with Gasteiger partial charge in [0.2, 0.25) is 0 Å². The first kappa shape index (κ1) is 22.7. The number of benzene rings is 2. The highest BCUT2D eigenvalue weighted by Crippen LogP contribution is 2.30. The molecular formula is C23H18Br2O4. The molecule has 0 fully saturated rings. The van der Waals surface area contributed by atoms with Crippen LogP contribution < -0.4 is 0 Å². The molecule has 29 heavy (non-hydrogen) atoms. The van der Waals surface area contributed by atoms with Crippen LogP contribution in [0.15, 0.2) is 57.5 Å². The number of rotatable bonds is 4. The molecule has 0 saturated carbocycles. The monoisotopic (exact) mass is 516 g/mol. The predicted octanol–water partition coefficient (Wildman–Crippen LogP) is 4.73. The third-order valence-corrected chi connectivity index (χ3v) is 5.14. The Morgan fingerprint density at radius 2 is 1.10 bits per heavy atom. The van der Waals surface area contributed by atoms with Gasteiger partial charge in [0, 0.05) is 32.9 Å². The highest BCUT2D eigenvalue weighted by molar-refractivity contribution is 9.10. The summed E-state index contributed by atoms with van der Waals surface area (Å²) in [5, 5.41) is 0. The summed E-state index contributed by atoms with van der Waals surface area (Å²) >= 11 is 6.73. The molecule has 0 aliphatic carbocycles. The van der Waals surface area contributed by atoms with E-state index in [1.54, 1.807) is 0 Å². The molecule has 6 heteroatoms. The van der Waals surface area contributed by atoms with Crippen molar-refractivity contribution in [1.82, 2.24) is 0 Å². The highest BCUT2D eigenvalue weighted by atomic mass is 79.9. The fraction of sp³-hybridized carbons (Fsp3) is 0.217. The van der Waals surface area contributed by atoms with Gasteiger partial charge in [-0.1, -0.05) is 55.5 Å². The topological polar surface area (TPSA) is 52.6 Å². The van der Waals surface area contributed by atoms with E-state index in [9.17, 15) is 9.59 Å². The first-order valence-corrected chi connectivity index (χ1v) is 10.2. The van der Waals surface area contributed by atoms with E-state index in [-0.39, 0.29) is 12.8 Å². The number of carbonyl (C=O) groups excluding carboxylic acids is 2. The molecule has 2 rings (SSSR count). The lowest BCUT2D eigenvalue weighted by atomic mass is 9.81. The number of ether oxygens (including phenoxy) is 2. The van der Waals surface area contributed by atoms with E-state index < -0.39 is 17.4 Å². The van der Waals surface area contributed by atoms with Crippen LogP contribution in [0.1, 0.15) is 24.0 Å². The van der Waals surface area contributed by atoms with Gasteiger partial charge in [0.15, 0.2) is 5.41 Å². The number of carbonyl (C=O) groups is 2. The van der Waals surface area contributed by atoms with Crippen LogP contribution in [-0.2, 0) is 19.1 Å². The summed E-state index contributed by atoms with van der Waals surface area (Å²) in [6.07, 6.45) is -0.144. The molecule has 0 spiro atoms. The fourth-order valence-corrected chi connectivity index (χ4v) is 3.01. The maximum Gasteiger partial charge on any atom is 0.325 e. The molecule has 0 amide bonds. The lowest BCUT2D eigenvalue weighted by molar-refractivity contribution is -0.168. The molecule has 0 aliphatic heterocycles. The molecule has 2 aromatic carbocycles. The number of methoxy groups -OCH3 is 2. The quantitative estimate of drug-likeness (QED) is 0.334. The van der Waals surface area contributed by atoms with Crippen molar-refractivity contribution in [3.8, 4) is 23.7 Å². The Morgan fingerprint density at radius 1 is 0.759 bits per heavy atom. The molecule has 2 aromatic rings. The minimum atomic E-state index is -1.62. The predicted molar refractivity (Wildman–Crippen MR) is 118 cm³/mol. The number of esters is 2. The second kappa shape index (κ2) is 10.9. The Kier molecular flexibility index (Phi) is 8.51. The van der Waals surface area contributed by atoms with Crippen molar-refractivity contribution in [2.45, 2.75) is 12.8 Å². The number of halogens is 2. The van der Waals surface area contributed by atoms with Crippen LogP contribution in [0.25, 0.3) is 0 Å². The molecule has 0 aliphatic rings. The van der Waals surface area contributed by atoms with Crippen LogP contribution in [0.2, 0.25) is 0 Å². The molecule has 0 N–H and O–H groups in total. The normalized spacial score (nSPS) is 10.1. The van der Waals surface area contributed by atoms with E-state index in [1.165, 1.54) is 14.2 Å². The van der Waals surface area contributed by atoms with Crippen molar-refractivity contribution in [1.29, 1.82) is 0 Å². The summed E-state index contributed by atoms with van der Waals surface area (Å²) in [5.74, 6) is 10.3. The second-order valence-electron chi connectivity index (χ2n) is 6.04. The minimum Gasteiger partial charge on any atom is -0.468 e. The van der Waals surface area contributed by atoms with E-state index in [4.69, 9.17) is 9.47 Å². The fourth-order valence-electron chi connectivity index (χ4n) is 2.49. The van der Waals surface area contributed by atoms with Crippen molar-refractivity contribution in [3.05, 3.63) is 68.6 Å². The first-order chi connectivity index (χ1) is 13.9. The van der Waals surface area contributed by atoms with Crippen LogP contribution in [0, 0.1) is 29.1 Å². The number of hydrogen-bond donors (Lipinski definition) is 0. The summed E-state index contributed by atoms with van der Waals surface area (Å²) < 4.78 is 11.6. The number of hydrogen-bond acceptors (Lipinski definition) is 4. The van der Waals surface area contributed by atoms with Gasteiger partial charge in [-0.05, 0) is 48.5 Å². The molecule has 0 aromatic heterocycles. The third kappa shape index (κ3) is 6.22.